The van der Waals surface area contributed by atoms with E-state index in [1.807, 2.05) is 6.92 Å². The van der Waals surface area contributed by atoms with E-state index in [0.717, 1.165) is 48.5 Å². The number of anilines is 2. The lowest BCUT2D eigenvalue weighted by atomic mass is 9.88. The molecular weight excluding hydrogens is 574 g/mol. The van der Waals surface area contributed by atoms with Crippen LogP contribution >= 0.6 is 46.4 Å². The molecule has 3 aromatic carbocycles. The Balaban J connectivity index is 1.48. The smallest absolute Gasteiger partial charge is 0.341 e. The van der Waals surface area contributed by atoms with Crippen LogP contribution in [0.25, 0.3) is 5.57 Å². The van der Waals surface area contributed by atoms with E-state index in [-0.39, 0.29) is 25.7 Å². The van der Waals surface area contributed by atoms with Crippen molar-refractivity contribution in [2.45, 2.75) is 38.7 Å². The summed E-state index contributed by atoms with van der Waals surface area (Å²) in [6.45, 7) is 6.29. The molecule has 1 unspecified atom stereocenters. The van der Waals surface area contributed by atoms with Crippen LogP contribution in [0.3, 0.4) is 0 Å². The van der Waals surface area contributed by atoms with Gasteiger partial charge in [0.15, 0.2) is 6.10 Å². The van der Waals surface area contributed by atoms with Gasteiger partial charge in [0.25, 0.3) is 0 Å². The second-order valence-electron chi connectivity index (χ2n) is 10.4. The van der Waals surface area contributed by atoms with E-state index in [0.29, 0.717) is 5.56 Å². The number of esters is 1. The fourth-order valence-corrected chi connectivity index (χ4v) is 7.05. The van der Waals surface area contributed by atoms with Crippen molar-refractivity contribution in [1.29, 1.82) is 0 Å². The maximum Gasteiger partial charge on any atom is 0.341 e. The minimum absolute atomic E-state index is 0.0524. The molecule has 0 amide bonds. The van der Waals surface area contributed by atoms with Crippen LogP contribution in [0.15, 0.2) is 54.1 Å². The highest BCUT2D eigenvalue weighted by molar-refractivity contribution is 6.53. The molecule has 8 heteroatoms. The first-order valence-corrected chi connectivity index (χ1v) is 14.8. The fraction of sp³-hybridized carbons (Fsp3) is 0.323. The van der Waals surface area contributed by atoms with Gasteiger partial charge in [-0.15, -0.1) is 0 Å². The van der Waals surface area contributed by atoms with Gasteiger partial charge in [0.2, 0.25) is 0 Å². The number of ether oxygens (including phenoxy) is 1. The van der Waals surface area contributed by atoms with Gasteiger partial charge >= 0.3 is 5.97 Å². The number of hydrogen-bond donors (Lipinski definition) is 0. The molecular formula is C31H28Cl4N2O2. The Kier molecular flexibility index (Phi) is 7.49. The fourth-order valence-electron chi connectivity index (χ4n) is 6.01. The molecule has 0 N–H and O–H groups in total. The Morgan fingerprint density at radius 2 is 1.13 bits per heavy atom. The SMILES string of the molecule is CC(=C(c1ccc(N2CCCC2)cc1)c1ccc(N2CCCC2)cc1)C1OC(=O)c2c(Cl)c(Cl)c(Cl)c(Cl)c21. The number of rotatable bonds is 5. The third-order valence-corrected chi connectivity index (χ3v) is 9.85. The first kappa shape index (κ1) is 26.8. The lowest BCUT2D eigenvalue weighted by Crippen LogP contribution is -2.17. The first-order valence-electron chi connectivity index (χ1n) is 13.3. The van der Waals surface area contributed by atoms with Crippen molar-refractivity contribution < 1.29 is 9.53 Å². The molecule has 0 aliphatic carbocycles. The second kappa shape index (κ2) is 10.9. The summed E-state index contributed by atoms with van der Waals surface area (Å²) in [5.74, 6) is -0.562. The van der Waals surface area contributed by atoms with Crippen LogP contribution in [0.4, 0.5) is 11.4 Å². The molecule has 2 fully saturated rings. The Labute approximate surface area is 249 Å². The zero-order valence-electron chi connectivity index (χ0n) is 21.6. The molecule has 0 bridgehead atoms. The van der Waals surface area contributed by atoms with Crippen LogP contribution in [0.2, 0.25) is 20.1 Å². The predicted molar refractivity (Wildman–Crippen MR) is 162 cm³/mol. The lowest BCUT2D eigenvalue weighted by Gasteiger charge is -2.22. The van der Waals surface area contributed by atoms with E-state index in [9.17, 15) is 4.79 Å². The van der Waals surface area contributed by atoms with Crippen molar-refractivity contribution in [2.24, 2.45) is 0 Å². The number of nitrogens with zero attached hydrogens (tertiary/aromatic N) is 2. The minimum atomic E-state index is -0.751. The van der Waals surface area contributed by atoms with E-state index in [4.69, 9.17) is 51.1 Å². The summed E-state index contributed by atoms with van der Waals surface area (Å²) >= 11 is 25.8. The summed E-state index contributed by atoms with van der Waals surface area (Å²) in [4.78, 5) is 17.8. The van der Waals surface area contributed by atoms with Crippen molar-refractivity contribution in [3.05, 3.63) is 96.4 Å². The van der Waals surface area contributed by atoms with Gasteiger partial charge in [-0.05, 0) is 79.1 Å². The summed E-state index contributed by atoms with van der Waals surface area (Å²) in [6.07, 6.45) is 4.13. The van der Waals surface area contributed by atoms with Crippen LogP contribution in [0.1, 0.15) is 65.8 Å². The van der Waals surface area contributed by atoms with E-state index < -0.39 is 12.1 Å². The Hall–Kier alpha value is -2.37. The maximum atomic E-state index is 13.0. The van der Waals surface area contributed by atoms with Gasteiger partial charge in [0.1, 0.15) is 0 Å². The Morgan fingerprint density at radius 1 is 0.692 bits per heavy atom. The Morgan fingerprint density at radius 3 is 1.59 bits per heavy atom. The standard InChI is InChI=1S/C31H28Cl4N2O2/c1-18(30-24-25(31(38)39-30)27(33)29(35)28(34)26(24)32)23(19-6-10-21(11-7-19)36-14-2-3-15-36)20-8-12-22(13-9-20)37-16-4-5-17-37/h6-13,30H,2-5,14-17H2,1H3. The number of hydrogen-bond acceptors (Lipinski definition) is 4. The van der Waals surface area contributed by atoms with Gasteiger partial charge in [-0.3, -0.25) is 0 Å². The number of cyclic esters (lactones) is 1. The molecule has 202 valence electrons. The number of benzene rings is 3. The maximum absolute atomic E-state index is 13.0. The molecule has 3 aliphatic heterocycles. The highest BCUT2D eigenvalue weighted by Crippen LogP contribution is 2.51. The topological polar surface area (TPSA) is 32.8 Å². The molecule has 3 heterocycles. The summed E-state index contributed by atoms with van der Waals surface area (Å²) < 4.78 is 5.90. The largest absolute Gasteiger partial charge is 0.449 e. The zero-order valence-corrected chi connectivity index (χ0v) is 24.6. The molecule has 0 aromatic heterocycles. The number of carbonyl (C=O) groups is 1. The molecule has 0 saturated carbocycles. The zero-order chi connectivity index (χ0) is 27.3. The van der Waals surface area contributed by atoms with Crippen molar-refractivity contribution >= 4 is 69.3 Å². The first-order chi connectivity index (χ1) is 18.8. The van der Waals surface area contributed by atoms with Crippen molar-refractivity contribution in [1.82, 2.24) is 0 Å². The van der Waals surface area contributed by atoms with Crippen molar-refractivity contribution in [3.63, 3.8) is 0 Å². The van der Waals surface area contributed by atoms with Crippen molar-refractivity contribution in [2.75, 3.05) is 36.0 Å². The minimum Gasteiger partial charge on any atom is -0.449 e. The molecule has 3 aromatic rings. The molecule has 0 radical (unpaired) electrons. The highest BCUT2D eigenvalue weighted by Gasteiger charge is 2.40. The van der Waals surface area contributed by atoms with Gasteiger partial charge in [-0.25, -0.2) is 4.79 Å². The van der Waals surface area contributed by atoms with Crippen LogP contribution in [-0.4, -0.2) is 32.1 Å². The molecule has 0 spiro atoms. The molecule has 6 rings (SSSR count). The van der Waals surface area contributed by atoms with E-state index in [1.54, 1.807) is 0 Å². The highest BCUT2D eigenvalue weighted by atomic mass is 35.5. The van der Waals surface area contributed by atoms with Crippen LogP contribution in [-0.2, 0) is 4.74 Å². The average molecular weight is 602 g/mol. The summed E-state index contributed by atoms with van der Waals surface area (Å²) in [6, 6.07) is 17.2. The lowest BCUT2D eigenvalue weighted by molar-refractivity contribution is 0.0451. The Bertz CT molecular complexity index is 1390. The van der Waals surface area contributed by atoms with Crippen molar-refractivity contribution in [3.8, 4) is 0 Å². The quantitative estimate of drug-likeness (QED) is 0.166. The van der Waals surface area contributed by atoms with Gasteiger partial charge in [0, 0.05) is 43.1 Å². The van der Waals surface area contributed by atoms with Gasteiger partial charge < -0.3 is 14.5 Å². The van der Waals surface area contributed by atoms with Crippen LogP contribution in [0.5, 0.6) is 0 Å². The predicted octanol–water partition coefficient (Wildman–Crippen LogP) is 9.23. The third-order valence-electron chi connectivity index (χ3n) is 8.04. The average Bonchev–Trinajstić information content (AvgIpc) is 3.73. The molecule has 2 saturated heterocycles. The van der Waals surface area contributed by atoms with Crippen LogP contribution < -0.4 is 9.80 Å². The van der Waals surface area contributed by atoms with E-state index >= 15 is 0 Å². The summed E-state index contributed by atoms with van der Waals surface area (Å²) in [7, 11) is 0. The van der Waals surface area contributed by atoms with Gasteiger partial charge in [0.05, 0.1) is 25.7 Å². The normalized spacial score (nSPS) is 18.5. The van der Waals surface area contributed by atoms with E-state index in [2.05, 4.69) is 58.3 Å². The number of carbonyl (C=O) groups excluding carboxylic acids is 1. The number of halogens is 4. The molecule has 3 aliphatic rings. The summed E-state index contributed by atoms with van der Waals surface area (Å²) in [5, 5.41) is 0.415. The molecule has 39 heavy (non-hydrogen) atoms. The van der Waals surface area contributed by atoms with E-state index in [1.165, 1.54) is 37.1 Å². The molecule has 4 nitrogen and oxygen atoms in total. The monoisotopic (exact) mass is 600 g/mol. The van der Waals surface area contributed by atoms with Crippen LogP contribution in [0, 0.1) is 0 Å². The summed E-state index contributed by atoms with van der Waals surface area (Å²) in [5.41, 5.74) is 6.92. The third kappa shape index (κ3) is 4.80. The second-order valence-corrected chi connectivity index (χ2v) is 11.9. The van der Waals surface area contributed by atoms with Gasteiger partial charge in [-0.1, -0.05) is 70.7 Å². The van der Waals surface area contributed by atoms with Gasteiger partial charge in [-0.2, -0.15) is 0 Å². The molecule has 1 atom stereocenters. The number of fused-ring (bicyclic) bond motifs is 1.